The molecule has 22 heavy (non-hydrogen) atoms. The number of fused-ring (bicyclic) bond motifs is 1. The van der Waals surface area contributed by atoms with Crippen LogP contribution in [0.3, 0.4) is 0 Å². The fourth-order valence-corrected chi connectivity index (χ4v) is 4.81. The van der Waals surface area contributed by atoms with E-state index < -0.39 is 10.0 Å². The van der Waals surface area contributed by atoms with Gasteiger partial charge in [0.1, 0.15) is 0 Å². The summed E-state index contributed by atoms with van der Waals surface area (Å²) in [6.45, 7) is 3.59. The molecule has 7 heteroatoms. The molecule has 0 aliphatic carbocycles. The Morgan fingerprint density at radius 2 is 2.05 bits per heavy atom. The van der Waals surface area contributed by atoms with Crippen LogP contribution in [0.25, 0.3) is 0 Å². The Bertz CT molecular complexity index is 681. The highest BCUT2D eigenvalue weighted by molar-refractivity contribution is 7.88. The summed E-state index contributed by atoms with van der Waals surface area (Å²) in [6, 6.07) is 7.27. The Morgan fingerprint density at radius 3 is 2.73 bits per heavy atom. The van der Waals surface area contributed by atoms with Crippen LogP contribution in [0.2, 0.25) is 0 Å². The lowest BCUT2D eigenvalue weighted by Crippen LogP contribution is -2.53. The molecule has 0 bridgehead atoms. The normalized spacial score (nSPS) is 25.7. The summed E-state index contributed by atoms with van der Waals surface area (Å²) in [5, 5.41) is 9.02. The molecule has 2 saturated heterocycles. The van der Waals surface area contributed by atoms with Crippen LogP contribution in [0, 0.1) is 18.4 Å². The van der Waals surface area contributed by atoms with Crippen molar-refractivity contribution in [2.24, 2.45) is 0 Å². The highest BCUT2D eigenvalue weighted by atomic mass is 32.2. The van der Waals surface area contributed by atoms with E-state index in [1.165, 1.54) is 4.31 Å². The molecule has 1 aromatic rings. The van der Waals surface area contributed by atoms with Crippen LogP contribution >= 0.6 is 0 Å². The van der Waals surface area contributed by atoms with Gasteiger partial charge in [-0.25, -0.2) is 8.42 Å². The van der Waals surface area contributed by atoms with Gasteiger partial charge >= 0.3 is 0 Å². The quantitative estimate of drug-likeness (QED) is 0.766. The van der Waals surface area contributed by atoms with Crippen molar-refractivity contribution in [3.63, 3.8) is 0 Å². The van der Waals surface area contributed by atoms with Gasteiger partial charge < -0.3 is 9.64 Å². The molecule has 6 nitrogen and oxygen atoms in total. The van der Waals surface area contributed by atoms with E-state index in [1.807, 2.05) is 31.2 Å². The van der Waals surface area contributed by atoms with Crippen molar-refractivity contribution in [2.75, 3.05) is 26.2 Å². The third-order valence-electron chi connectivity index (χ3n) is 4.22. The number of hydrogen-bond donors (Lipinski definition) is 0. The Hall–Kier alpha value is -1.62. The Kier molecular flexibility index (Phi) is 4.08. The number of ether oxygens (including phenoxy) is 1. The van der Waals surface area contributed by atoms with Gasteiger partial charge in [-0.2, -0.15) is 9.57 Å². The number of aryl methyl sites for hydroxylation is 1. The van der Waals surface area contributed by atoms with Crippen molar-refractivity contribution in [1.82, 2.24) is 9.21 Å². The number of benzene rings is 1. The maximum atomic E-state index is 12.7. The first-order valence-corrected chi connectivity index (χ1v) is 8.92. The van der Waals surface area contributed by atoms with Crippen molar-refractivity contribution in [3.8, 4) is 6.19 Å². The summed E-state index contributed by atoms with van der Waals surface area (Å²) in [6.07, 6.45) is 1.87. The molecule has 2 fully saturated rings. The van der Waals surface area contributed by atoms with E-state index in [4.69, 9.17) is 10.00 Å². The second-order valence-corrected chi connectivity index (χ2v) is 7.76. The summed E-state index contributed by atoms with van der Waals surface area (Å²) in [5.74, 6) is -0.0109. The minimum atomic E-state index is -3.42. The number of morpholine rings is 1. The molecule has 2 heterocycles. The number of nitriles is 1. The molecule has 2 atom stereocenters. The molecule has 118 valence electrons. The largest absolute Gasteiger partial charge is 0.373 e. The first-order valence-electron chi connectivity index (χ1n) is 7.31. The fourth-order valence-electron chi connectivity index (χ4n) is 3.06. The average molecular weight is 321 g/mol. The third-order valence-corrected chi connectivity index (χ3v) is 6.08. The Balaban J connectivity index is 1.79. The first-order chi connectivity index (χ1) is 10.5. The van der Waals surface area contributed by atoms with Crippen molar-refractivity contribution >= 4 is 10.0 Å². The fraction of sp³-hybridized carbons (Fsp3) is 0.533. The van der Waals surface area contributed by atoms with Crippen LogP contribution in [0.4, 0.5) is 0 Å². The van der Waals surface area contributed by atoms with Gasteiger partial charge in [-0.15, -0.1) is 0 Å². The molecule has 0 radical (unpaired) electrons. The zero-order valence-electron chi connectivity index (χ0n) is 12.5. The Labute approximate surface area is 130 Å². The van der Waals surface area contributed by atoms with E-state index in [0.717, 1.165) is 11.1 Å². The molecule has 2 aliphatic rings. The molecule has 2 unspecified atom stereocenters. The van der Waals surface area contributed by atoms with Crippen molar-refractivity contribution in [1.29, 1.82) is 5.26 Å². The van der Waals surface area contributed by atoms with Crippen LogP contribution in [-0.4, -0.2) is 56.0 Å². The summed E-state index contributed by atoms with van der Waals surface area (Å²) < 4.78 is 32.6. The molecular formula is C15H19N3O3S. The molecule has 0 spiro atoms. The van der Waals surface area contributed by atoms with Crippen molar-refractivity contribution in [2.45, 2.75) is 24.8 Å². The molecule has 0 N–H and O–H groups in total. The molecule has 1 aromatic carbocycles. The van der Waals surface area contributed by atoms with Gasteiger partial charge in [0.2, 0.25) is 10.0 Å². The average Bonchev–Trinajstić information content (AvgIpc) is 2.92. The number of sulfonamides is 1. The van der Waals surface area contributed by atoms with Gasteiger partial charge in [0, 0.05) is 13.1 Å². The van der Waals surface area contributed by atoms with Gasteiger partial charge in [0.25, 0.3) is 0 Å². The summed E-state index contributed by atoms with van der Waals surface area (Å²) in [5.41, 5.74) is 1.89. The lowest BCUT2D eigenvalue weighted by atomic mass is 10.2. The minimum Gasteiger partial charge on any atom is -0.373 e. The highest BCUT2D eigenvalue weighted by Gasteiger charge is 2.44. The maximum absolute atomic E-state index is 12.7. The standard InChI is InChI=1S/C15H19N3O3S/c1-12-2-4-13(5-3-12)10-22(19,20)18-6-7-21-15-9-17(11-16)8-14(15)18/h2-5,14-15H,6-10H2,1H3. The minimum absolute atomic E-state index is 0.0109. The molecule has 0 saturated carbocycles. The number of nitrogens with zero attached hydrogens (tertiary/aromatic N) is 3. The molecular weight excluding hydrogens is 302 g/mol. The van der Waals surface area contributed by atoms with E-state index in [-0.39, 0.29) is 17.9 Å². The summed E-state index contributed by atoms with van der Waals surface area (Å²) >= 11 is 0. The molecule has 0 aromatic heterocycles. The maximum Gasteiger partial charge on any atom is 0.218 e. The van der Waals surface area contributed by atoms with Gasteiger partial charge in [0.05, 0.1) is 31.1 Å². The predicted octanol–water partition coefficient (Wildman–Crippen LogP) is 0.691. The highest BCUT2D eigenvalue weighted by Crippen LogP contribution is 2.26. The van der Waals surface area contributed by atoms with Crippen LogP contribution in [0.1, 0.15) is 11.1 Å². The lowest BCUT2D eigenvalue weighted by molar-refractivity contribution is -0.0157. The smallest absolute Gasteiger partial charge is 0.218 e. The third kappa shape index (κ3) is 2.95. The Morgan fingerprint density at radius 1 is 1.32 bits per heavy atom. The second-order valence-electron chi connectivity index (χ2n) is 5.83. The zero-order chi connectivity index (χ0) is 15.7. The van der Waals surface area contributed by atoms with Gasteiger partial charge in [-0.05, 0) is 12.5 Å². The van der Waals surface area contributed by atoms with Gasteiger partial charge in [0.15, 0.2) is 6.19 Å². The summed E-state index contributed by atoms with van der Waals surface area (Å²) in [4.78, 5) is 1.56. The van der Waals surface area contributed by atoms with Crippen LogP contribution in [-0.2, 0) is 20.5 Å². The van der Waals surface area contributed by atoms with Gasteiger partial charge in [-0.1, -0.05) is 29.8 Å². The van der Waals surface area contributed by atoms with Gasteiger partial charge in [-0.3, -0.25) is 0 Å². The predicted molar refractivity (Wildman–Crippen MR) is 81.2 cm³/mol. The second kappa shape index (κ2) is 5.88. The van der Waals surface area contributed by atoms with E-state index in [0.29, 0.717) is 26.2 Å². The number of rotatable bonds is 3. The zero-order valence-corrected chi connectivity index (χ0v) is 13.3. The SMILES string of the molecule is Cc1ccc(CS(=O)(=O)N2CCOC3CN(C#N)CC32)cc1. The van der Waals surface area contributed by atoms with Crippen molar-refractivity contribution < 1.29 is 13.2 Å². The molecule has 3 rings (SSSR count). The summed E-state index contributed by atoms with van der Waals surface area (Å²) in [7, 11) is -3.42. The van der Waals surface area contributed by atoms with Crippen LogP contribution in [0.5, 0.6) is 0 Å². The van der Waals surface area contributed by atoms with Crippen molar-refractivity contribution in [3.05, 3.63) is 35.4 Å². The molecule has 2 aliphatic heterocycles. The van der Waals surface area contributed by atoms with Crippen LogP contribution in [0.15, 0.2) is 24.3 Å². The number of likely N-dealkylation sites (tertiary alicyclic amines) is 1. The molecule has 0 amide bonds. The lowest BCUT2D eigenvalue weighted by Gasteiger charge is -2.35. The number of hydrogen-bond acceptors (Lipinski definition) is 5. The monoisotopic (exact) mass is 321 g/mol. The van der Waals surface area contributed by atoms with E-state index >= 15 is 0 Å². The van der Waals surface area contributed by atoms with Crippen LogP contribution < -0.4 is 0 Å². The topological polar surface area (TPSA) is 73.6 Å². The first kappa shape index (κ1) is 15.3. The van der Waals surface area contributed by atoms with E-state index in [1.54, 1.807) is 4.90 Å². The van der Waals surface area contributed by atoms with E-state index in [9.17, 15) is 8.42 Å². The van der Waals surface area contributed by atoms with E-state index in [2.05, 4.69) is 6.19 Å².